The van der Waals surface area contributed by atoms with Crippen LogP contribution >= 0.6 is 0 Å². The number of aromatic hydroxyl groups is 2. The van der Waals surface area contributed by atoms with Crippen LogP contribution in [-0.4, -0.2) is 20.0 Å². The molecule has 2 rings (SSSR count). The van der Waals surface area contributed by atoms with E-state index in [1.165, 1.54) is 4.68 Å². The van der Waals surface area contributed by atoms with Crippen LogP contribution in [0.1, 0.15) is 11.1 Å². The van der Waals surface area contributed by atoms with E-state index in [2.05, 4.69) is 5.10 Å². The highest BCUT2D eigenvalue weighted by atomic mass is 16.3. The smallest absolute Gasteiger partial charge is 0.167 e. The molecule has 0 unspecified atom stereocenters. The van der Waals surface area contributed by atoms with Crippen molar-refractivity contribution in [2.75, 3.05) is 5.73 Å². The molecule has 17 heavy (non-hydrogen) atoms. The zero-order valence-corrected chi connectivity index (χ0v) is 10.0. The van der Waals surface area contributed by atoms with Gasteiger partial charge in [-0.3, -0.25) is 4.68 Å². The molecule has 0 amide bonds. The lowest BCUT2D eigenvalue weighted by Gasteiger charge is -2.09. The van der Waals surface area contributed by atoms with Gasteiger partial charge in [0, 0.05) is 18.7 Å². The number of phenolic OH excluding ortho intramolecular Hbond substituents is 2. The minimum atomic E-state index is -0.161. The topological polar surface area (TPSA) is 84.3 Å². The van der Waals surface area contributed by atoms with Crippen LogP contribution < -0.4 is 5.73 Å². The summed E-state index contributed by atoms with van der Waals surface area (Å²) < 4.78 is 1.51. The predicted molar refractivity (Wildman–Crippen MR) is 65.9 cm³/mol. The molecule has 4 N–H and O–H groups in total. The summed E-state index contributed by atoms with van der Waals surface area (Å²) in [4.78, 5) is 0. The second-order valence-electron chi connectivity index (χ2n) is 4.14. The number of phenols is 2. The van der Waals surface area contributed by atoms with E-state index in [0.29, 0.717) is 22.6 Å². The summed E-state index contributed by atoms with van der Waals surface area (Å²) in [5.41, 5.74) is 8.27. The SMILES string of the molecule is Cc1cc(-c2cc(N)n(C)n2)c(O)c(O)c1C. The van der Waals surface area contributed by atoms with E-state index in [1.54, 1.807) is 26.1 Å². The largest absolute Gasteiger partial charge is 0.504 e. The maximum atomic E-state index is 9.92. The summed E-state index contributed by atoms with van der Waals surface area (Å²) in [5.74, 6) is 0.229. The Balaban J connectivity index is 2.68. The molecule has 5 heteroatoms. The van der Waals surface area contributed by atoms with Gasteiger partial charge in [-0.05, 0) is 31.0 Å². The number of benzene rings is 1. The van der Waals surface area contributed by atoms with Gasteiger partial charge in [-0.2, -0.15) is 5.10 Å². The maximum Gasteiger partial charge on any atom is 0.167 e. The molecule has 0 spiro atoms. The second-order valence-corrected chi connectivity index (χ2v) is 4.14. The molecule has 0 aliphatic carbocycles. The molecule has 0 radical (unpaired) electrons. The fraction of sp³-hybridized carbons (Fsp3) is 0.250. The number of hydrogen-bond donors (Lipinski definition) is 3. The van der Waals surface area contributed by atoms with Gasteiger partial charge in [-0.15, -0.1) is 0 Å². The van der Waals surface area contributed by atoms with Gasteiger partial charge in [-0.1, -0.05) is 0 Å². The molecule has 1 heterocycles. The van der Waals surface area contributed by atoms with Crippen molar-refractivity contribution in [1.82, 2.24) is 9.78 Å². The van der Waals surface area contributed by atoms with Gasteiger partial charge in [0.05, 0.1) is 5.69 Å². The second kappa shape index (κ2) is 3.69. The highest BCUT2D eigenvalue weighted by Crippen LogP contribution is 2.40. The summed E-state index contributed by atoms with van der Waals surface area (Å²) in [7, 11) is 1.72. The first-order valence-electron chi connectivity index (χ1n) is 5.24. The Hall–Kier alpha value is -2.17. The van der Waals surface area contributed by atoms with Crippen LogP contribution in [0.5, 0.6) is 11.5 Å². The molecule has 2 aromatic rings. The first kappa shape index (κ1) is 11.3. The van der Waals surface area contributed by atoms with Crippen LogP contribution in [0.25, 0.3) is 11.3 Å². The summed E-state index contributed by atoms with van der Waals surface area (Å²) in [5, 5.41) is 23.9. The zero-order valence-electron chi connectivity index (χ0n) is 10.0. The first-order valence-corrected chi connectivity index (χ1v) is 5.24. The Morgan fingerprint density at radius 1 is 1.18 bits per heavy atom. The summed E-state index contributed by atoms with van der Waals surface area (Å²) >= 11 is 0. The van der Waals surface area contributed by atoms with E-state index in [9.17, 15) is 10.2 Å². The number of hydrogen-bond acceptors (Lipinski definition) is 4. The molecule has 0 aliphatic rings. The van der Waals surface area contributed by atoms with E-state index < -0.39 is 0 Å². The molecule has 1 aromatic heterocycles. The van der Waals surface area contributed by atoms with Gasteiger partial charge in [-0.25, -0.2) is 0 Å². The van der Waals surface area contributed by atoms with Crippen LogP contribution in [0.15, 0.2) is 12.1 Å². The van der Waals surface area contributed by atoms with Crippen molar-refractivity contribution in [1.29, 1.82) is 0 Å². The van der Waals surface area contributed by atoms with Crippen molar-refractivity contribution in [3.05, 3.63) is 23.3 Å². The van der Waals surface area contributed by atoms with Crippen molar-refractivity contribution in [3.8, 4) is 22.8 Å². The average Bonchev–Trinajstić information content (AvgIpc) is 2.61. The van der Waals surface area contributed by atoms with Crippen molar-refractivity contribution in [2.24, 2.45) is 7.05 Å². The Labute approximate surface area is 99.1 Å². The fourth-order valence-corrected chi connectivity index (χ4v) is 1.69. The normalized spacial score (nSPS) is 10.8. The number of nitrogens with two attached hydrogens (primary N) is 1. The van der Waals surface area contributed by atoms with Crippen LogP contribution in [-0.2, 0) is 7.05 Å². The molecule has 0 bridgehead atoms. The van der Waals surface area contributed by atoms with E-state index >= 15 is 0 Å². The first-order chi connectivity index (χ1) is 7.91. The minimum absolute atomic E-state index is 0.107. The van der Waals surface area contributed by atoms with Crippen molar-refractivity contribution < 1.29 is 10.2 Å². The average molecular weight is 233 g/mol. The molecule has 0 saturated heterocycles. The number of aromatic nitrogens is 2. The Morgan fingerprint density at radius 3 is 2.35 bits per heavy atom. The molecular formula is C12H15N3O2. The predicted octanol–water partition coefficient (Wildman–Crippen LogP) is 1.70. The Bertz CT molecular complexity index is 568. The summed E-state index contributed by atoms with van der Waals surface area (Å²) in [6.07, 6.45) is 0. The van der Waals surface area contributed by atoms with E-state index in [4.69, 9.17) is 5.73 Å². The molecule has 0 aliphatic heterocycles. The number of rotatable bonds is 1. The van der Waals surface area contributed by atoms with E-state index in [0.717, 1.165) is 5.56 Å². The molecule has 1 aromatic carbocycles. The van der Waals surface area contributed by atoms with Gasteiger partial charge in [0.2, 0.25) is 0 Å². The highest BCUT2D eigenvalue weighted by Gasteiger charge is 2.16. The third kappa shape index (κ3) is 1.69. The van der Waals surface area contributed by atoms with Crippen molar-refractivity contribution in [3.63, 3.8) is 0 Å². The van der Waals surface area contributed by atoms with Gasteiger partial charge < -0.3 is 15.9 Å². The van der Waals surface area contributed by atoms with Gasteiger partial charge in [0.1, 0.15) is 5.82 Å². The lowest BCUT2D eigenvalue weighted by atomic mass is 10.0. The van der Waals surface area contributed by atoms with Crippen LogP contribution in [0.2, 0.25) is 0 Å². The molecule has 0 saturated carbocycles. The molecule has 0 atom stereocenters. The number of nitrogen functional groups attached to an aromatic ring is 1. The zero-order chi connectivity index (χ0) is 12.7. The molecular weight excluding hydrogens is 218 g/mol. The summed E-state index contributed by atoms with van der Waals surface area (Å²) in [6, 6.07) is 3.44. The van der Waals surface area contributed by atoms with Crippen LogP contribution in [0.4, 0.5) is 5.82 Å². The quantitative estimate of drug-likeness (QED) is 0.654. The van der Waals surface area contributed by atoms with E-state index in [-0.39, 0.29) is 11.5 Å². The Morgan fingerprint density at radius 2 is 1.82 bits per heavy atom. The van der Waals surface area contributed by atoms with Crippen molar-refractivity contribution in [2.45, 2.75) is 13.8 Å². The van der Waals surface area contributed by atoms with Gasteiger partial charge in [0.25, 0.3) is 0 Å². The fourth-order valence-electron chi connectivity index (χ4n) is 1.69. The molecule has 0 fully saturated rings. The third-order valence-corrected chi connectivity index (χ3v) is 2.98. The van der Waals surface area contributed by atoms with Crippen LogP contribution in [0.3, 0.4) is 0 Å². The van der Waals surface area contributed by atoms with E-state index in [1.807, 2.05) is 6.92 Å². The van der Waals surface area contributed by atoms with Crippen molar-refractivity contribution >= 4 is 5.82 Å². The molecule has 5 nitrogen and oxygen atoms in total. The summed E-state index contributed by atoms with van der Waals surface area (Å²) in [6.45, 7) is 3.62. The Kier molecular flexibility index (Phi) is 2.46. The standard InChI is InChI=1S/C12H15N3O2/c1-6-4-8(12(17)11(16)7(6)2)9-5-10(13)15(3)14-9/h4-5,16-17H,13H2,1-3H3. The van der Waals surface area contributed by atoms with Gasteiger partial charge in [0.15, 0.2) is 11.5 Å². The maximum absolute atomic E-state index is 9.92. The minimum Gasteiger partial charge on any atom is -0.504 e. The van der Waals surface area contributed by atoms with Gasteiger partial charge >= 0.3 is 0 Å². The third-order valence-electron chi connectivity index (χ3n) is 2.98. The number of nitrogens with zero attached hydrogens (tertiary/aromatic N) is 2. The molecule has 90 valence electrons. The monoisotopic (exact) mass is 233 g/mol. The highest BCUT2D eigenvalue weighted by molar-refractivity contribution is 5.74. The van der Waals surface area contributed by atoms with Crippen LogP contribution in [0, 0.1) is 13.8 Å². The number of aryl methyl sites for hydroxylation is 2. The lowest BCUT2D eigenvalue weighted by Crippen LogP contribution is -1.96. The lowest BCUT2D eigenvalue weighted by molar-refractivity contribution is 0.402. The number of anilines is 1.